The minimum absolute atomic E-state index is 0.0329. The molecule has 0 fully saturated rings. The van der Waals surface area contributed by atoms with Crippen LogP contribution < -0.4 is 10.1 Å². The Balaban J connectivity index is 2.85. The van der Waals surface area contributed by atoms with E-state index in [4.69, 9.17) is 4.74 Å². The van der Waals surface area contributed by atoms with Crippen LogP contribution in [0.4, 0.5) is 11.4 Å². The number of nitrogens with zero attached hydrogens (tertiary/aromatic N) is 1. The molecule has 0 aliphatic carbocycles. The number of ether oxygens (including phenoxy) is 1. The maximum absolute atomic E-state index is 10.8. The van der Waals surface area contributed by atoms with Gasteiger partial charge in [0.25, 0.3) is 5.69 Å². The molecule has 6 heteroatoms. The molecule has 0 bridgehead atoms. The van der Waals surface area contributed by atoms with Gasteiger partial charge in [0.1, 0.15) is 5.75 Å². The molecular weight excluding hydrogens is 236 g/mol. The standard InChI is InChI=1S/C12H18N2O4/c1-3-11(15)8-13-9-5-10(14(16)17)7-12(6-9)18-4-2/h5-7,11,13,15H,3-4,8H2,1-2H3. The number of nitro benzene ring substituents is 1. The third-order valence-corrected chi connectivity index (χ3v) is 2.43. The lowest BCUT2D eigenvalue weighted by atomic mass is 10.2. The van der Waals surface area contributed by atoms with Crippen LogP contribution in [-0.4, -0.2) is 29.3 Å². The van der Waals surface area contributed by atoms with Crippen LogP contribution in [0.25, 0.3) is 0 Å². The molecule has 0 spiro atoms. The first-order valence-corrected chi connectivity index (χ1v) is 5.91. The molecule has 1 rings (SSSR count). The Morgan fingerprint density at radius 2 is 2.17 bits per heavy atom. The number of hydrogen-bond acceptors (Lipinski definition) is 5. The average molecular weight is 254 g/mol. The molecule has 0 aliphatic rings. The van der Waals surface area contributed by atoms with Crippen LogP contribution in [0.3, 0.4) is 0 Å². The molecule has 1 unspecified atom stereocenters. The lowest BCUT2D eigenvalue weighted by Gasteiger charge is -2.12. The first-order chi connectivity index (χ1) is 8.56. The second-order valence-electron chi connectivity index (χ2n) is 3.85. The van der Waals surface area contributed by atoms with Gasteiger partial charge in [-0.05, 0) is 13.3 Å². The van der Waals surface area contributed by atoms with Crippen LogP contribution in [0.15, 0.2) is 18.2 Å². The van der Waals surface area contributed by atoms with Crippen molar-refractivity contribution in [3.8, 4) is 5.75 Å². The highest BCUT2D eigenvalue weighted by atomic mass is 16.6. The number of nitrogens with one attached hydrogen (secondary N) is 1. The number of aliphatic hydroxyl groups excluding tert-OH is 1. The zero-order chi connectivity index (χ0) is 13.5. The zero-order valence-electron chi connectivity index (χ0n) is 10.5. The normalized spacial score (nSPS) is 11.9. The Kier molecular flexibility index (Phi) is 5.38. The Morgan fingerprint density at radius 1 is 1.44 bits per heavy atom. The van der Waals surface area contributed by atoms with Gasteiger partial charge >= 0.3 is 0 Å². The summed E-state index contributed by atoms with van der Waals surface area (Å²) in [6.45, 7) is 4.47. The second kappa shape index (κ2) is 6.80. The molecule has 0 radical (unpaired) electrons. The van der Waals surface area contributed by atoms with Gasteiger partial charge in [0.2, 0.25) is 0 Å². The highest BCUT2D eigenvalue weighted by molar-refractivity contribution is 5.56. The SMILES string of the molecule is CCOc1cc(NCC(O)CC)cc([N+](=O)[O-])c1. The average Bonchev–Trinajstić information content (AvgIpc) is 2.36. The van der Waals surface area contributed by atoms with Crippen molar-refractivity contribution in [2.75, 3.05) is 18.5 Å². The van der Waals surface area contributed by atoms with Crippen molar-refractivity contribution in [2.24, 2.45) is 0 Å². The predicted molar refractivity (Wildman–Crippen MR) is 69.1 cm³/mol. The lowest BCUT2D eigenvalue weighted by Crippen LogP contribution is -2.18. The van der Waals surface area contributed by atoms with E-state index in [1.165, 1.54) is 12.1 Å². The maximum Gasteiger partial charge on any atom is 0.275 e. The quantitative estimate of drug-likeness (QED) is 0.575. The fourth-order valence-electron chi connectivity index (χ4n) is 1.42. The molecule has 1 atom stereocenters. The Morgan fingerprint density at radius 3 is 2.72 bits per heavy atom. The van der Waals surface area contributed by atoms with Gasteiger partial charge in [-0.1, -0.05) is 6.92 Å². The molecule has 0 aliphatic heterocycles. The van der Waals surface area contributed by atoms with Gasteiger partial charge in [0.05, 0.1) is 23.7 Å². The van der Waals surface area contributed by atoms with Crippen LogP contribution in [0, 0.1) is 10.1 Å². The molecule has 0 heterocycles. The third-order valence-electron chi connectivity index (χ3n) is 2.43. The van der Waals surface area contributed by atoms with Gasteiger partial charge in [-0.25, -0.2) is 0 Å². The predicted octanol–water partition coefficient (Wildman–Crippen LogP) is 2.18. The van der Waals surface area contributed by atoms with Crippen molar-refractivity contribution >= 4 is 11.4 Å². The number of hydrogen-bond donors (Lipinski definition) is 2. The highest BCUT2D eigenvalue weighted by Gasteiger charge is 2.11. The maximum atomic E-state index is 10.8. The Bertz CT molecular complexity index is 409. The van der Waals surface area contributed by atoms with E-state index >= 15 is 0 Å². The number of aliphatic hydroxyl groups is 1. The fourth-order valence-corrected chi connectivity index (χ4v) is 1.42. The van der Waals surface area contributed by atoms with Gasteiger partial charge in [0.15, 0.2) is 0 Å². The summed E-state index contributed by atoms with van der Waals surface area (Å²) in [5.74, 6) is 0.445. The zero-order valence-corrected chi connectivity index (χ0v) is 10.5. The van der Waals surface area contributed by atoms with E-state index in [0.717, 1.165) is 0 Å². The number of benzene rings is 1. The summed E-state index contributed by atoms with van der Waals surface area (Å²) >= 11 is 0. The molecule has 6 nitrogen and oxygen atoms in total. The van der Waals surface area contributed by atoms with E-state index in [9.17, 15) is 15.2 Å². The summed E-state index contributed by atoms with van der Waals surface area (Å²) in [5, 5.41) is 23.2. The van der Waals surface area contributed by atoms with Gasteiger partial charge < -0.3 is 15.2 Å². The number of nitro groups is 1. The molecule has 18 heavy (non-hydrogen) atoms. The third kappa shape index (κ3) is 4.21. The monoisotopic (exact) mass is 254 g/mol. The van der Waals surface area contributed by atoms with Crippen LogP contribution >= 0.6 is 0 Å². The van der Waals surface area contributed by atoms with Crippen LogP contribution in [0.5, 0.6) is 5.75 Å². The van der Waals surface area contributed by atoms with E-state index in [-0.39, 0.29) is 5.69 Å². The first-order valence-electron chi connectivity index (χ1n) is 5.91. The summed E-state index contributed by atoms with van der Waals surface area (Å²) in [6, 6.07) is 4.48. The topological polar surface area (TPSA) is 84.6 Å². The van der Waals surface area contributed by atoms with Gasteiger partial charge in [-0.3, -0.25) is 10.1 Å². The van der Waals surface area contributed by atoms with Crippen LogP contribution in [0.1, 0.15) is 20.3 Å². The van der Waals surface area contributed by atoms with Crippen LogP contribution in [-0.2, 0) is 0 Å². The molecule has 1 aromatic carbocycles. The smallest absolute Gasteiger partial charge is 0.275 e. The van der Waals surface area contributed by atoms with Crippen molar-refractivity contribution in [2.45, 2.75) is 26.4 Å². The fraction of sp³-hybridized carbons (Fsp3) is 0.500. The molecule has 100 valence electrons. The van der Waals surface area contributed by atoms with E-state index in [1.54, 1.807) is 6.07 Å². The molecule has 2 N–H and O–H groups in total. The summed E-state index contributed by atoms with van der Waals surface area (Å²) in [5.41, 5.74) is 0.537. The molecule has 0 saturated heterocycles. The molecular formula is C12H18N2O4. The van der Waals surface area contributed by atoms with E-state index in [1.807, 2.05) is 13.8 Å². The van der Waals surface area contributed by atoms with Gasteiger partial charge in [0, 0.05) is 24.4 Å². The summed E-state index contributed by atoms with van der Waals surface area (Å²) in [7, 11) is 0. The summed E-state index contributed by atoms with van der Waals surface area (Å²) < 4.78 is 5.26. The minimum Gasteiger partial charge on any atom is -0.494 e. The number of non-ortho nitro benzene ring substituents is 1. The minimum atomic E-state index is -0.472. The number of anilines is 1. The number of rotatable bonds is 7. The van der Waals surface area contributed by atoms with Crippen molar-refractivity contribution in [1.29, 1.82) is 0 Å². The Labute approximate surface area is 106 Å². The molecule has 1 aromatic rings. The Hall–Kier alpha value is -1.82. The van der Waals surface area contributed by atoms with Gasteiger partial charge in [-0.15, -0.1) is 0 Å². The van der Waals surface area contributed by atoms with E-state index in [0.29, 0.717) is 31.0 Å². The summed E-state index contributed by atoms with van der Waals surface area (Å²) in [6.07, 6.45) is 0.153. The van der Waals surface area contributed by atoms with E-state index in [2.05, 4.69) is 5.32 Å². The molecule has 0 aromatic heterocycles. The lowest BCUT2D eigenvalue weighted by molar-refractivity contribution is -0.384. The van der Waals surface area contributed by atoms with Crippen molar-refractivity contribution in [1.82, 2.24) is 0 Å². The van der Waals surface area contributed by atoms with E-state index < -0.39 is 11.0 Å². The molecule has 0 saturated carbocycles. The highest BCUT2D eigenvalue weighted by Crippen LogP contribution is 2.26. The molecule has 0 amide bonds. The second-order valence-corrected chi connectivity index (χ2v) is 3.85. The van der Waals surface area contributed by atoms with Crippen molar-refractivity contribution in [3.05, 3.63) is 28.3 Å². The van der Waals surface area contributed by atoms with Crippen molar-refractivity contribution < 1.29 is 14.8 Å². The van der Waals surface area contributed by atoms with Crippen LogP contribution in [0.2, 0.25) is 0 Å². The van der Waals surface area contributed by atoms with Crippen molar-refractivity contribution in [3.63, 3.8) is 0 Å². The van der Waals surface area contributed by atoms with Gasteiger partial charge in [-0.2, -0.15) is 0 Å². The largest absolute Gasteiger partial charge is 0.494 e. The first kappa shape index (κ1) is 14.2. The summed E-state index contributed by atoms with van der Waals surface area (Å²) in [4.78, 5) is 10.3.